The summed E-state index contributed by atoms with van der Waals surface area (Å²) in [7, 11) is 0. The van der Waals surface area contributed by atoms with Crippen LogP contribution >= 0.6 is 11.6 Å². The molecule has 2 aliphatic rings. The van der Waals surface area contributed by atoms with E-state index in [1.165, 1.54) is 0 Å². The second-order valence-corrected chi connectivity index (χ2v) is 8.83. The van der Waals surface area contributed by atoms with Crippen LogP contribution in [0.4, 0.5) is 0 Å². The van der Waals surface area contributed by atoms with Gasteiger partial charge in [0, 0.05) is 54.4 Å². The molecule has 0 aliphatic carbocycles. The summed E-state index contributed by atoms with van der Waals surface area (Å²) in [6.07, 6.45) is 1.11. The molecule has 0 amide bonds. The molecule has 0 unspecified atom stereocenters. The van der Waals surface area contributed by atoms with Crippen LogP contribution in [0.3, 0.4) is 0 Å². The molecule has 1 aromatic heterocycles. The molecule has 2 aromatic carbocycles. The topological polar surface area (TPSA) is 49.0 Å². The van der Waals surface area contributed by atoms with Gasteiger partial charge in [0.25, 0.3) is 5.56 Å². The van der Waals surface area contributed by atoms with Crippen molar-refractivity contribution in [2.24, 2.45) is 5.92 Å². The SMILES string of the molecule is N#Cc1cccc(CN2C[C@@H]3C[C@H](C2)c2c(-c4ccc(Cl)cc4)ccc(=O)n2C3)c1. The van der Waals surface area contributed by atoms with Gasteiger partial charge in [-0.1, -0.05) is 35.9 Å². The van der Waals surface area contributed by atoms with Crippen LogP contribution in [0, 0.1) is 17.2 Å². The molecule has 0 saturated carbocycles. The number of piperidine rings is 1. The molecule has 3 heterocycles. The third-order valence-electron chi connectivity index (χ3n) is 6.28. The summed E-state index contributed by atoms with van der Waals surface area (Å²) < 4.78 is 2.00. The number of likely N-dealkylation sites (tertiary alicyclic amines) is 1. The van der Waals surface area contributed by atoms with Crippen LogP contribution in [-0.2, 0) is 13.1 Å². The summed E-state index contributed by atoms with van der Waals surface area (Å²) >= 11 is 6.09. The van der Waals surface area contributed by atoms with Crippen LogP contribution in [0.1, 0.15) is 29.2 Å². The Morgan fingerprint density at radius 1 is 1.03 bits per heavy atom. The Kier molecular flexibility index (Phi) is 4.94. The van der Waals surface area contributed by atoms with Gasteiger partial charge in [0.2, 0.25) is 0 Å². The molecule has 5 heteroatoms. The highest BCUT2D eigenvalue weighted by Gasteiger charge is 2.36. The predicted octanol–water partition coefficient (Wildman–Crippen LogP) is 4.66. The lowest BCUT2D eigenvalue weighted by molar-refractivity contribution is 0.115. The van der Waals surface area contributed by atoms with E-state index < -0.39 is 0 Å². The summed E-state index contributed by atoms with van der Waals surface area (Å²) in [5, 5.41) is 9.90. The molecule has 2 aliphatic heterocycles. The molecule has 0 radical (unpaired) electrons. The molecule has 30 heavy (non-hydrogen) atoms. The van der Waals surface area contributed by atoms with Crippen LogP contribution in [0.5, 0.6) is 0 Å². The van der Waals surface area contributed by atoms with Crippen molar-refractivity contribution < 1.29 is 0 Å². The Balaban J connectivity index is 1.49. The lowest BCUT2D eigenvalue weighted by atomic mass is 9.80. The van der Waals surface area contributed by atoms with Crippen molar-refractivity contribution in [1.82, 2.24) is 9.47 Å². The Morgan fingerprint density at radius 3 is 2.67 bits per heavy atom. The van der Waals surface area contributed by atoms with E-state index in [4.69, 9.17) is 11.6 Å². The second-order valence-electron chi connectivity index (χ2n) is 8.39. The van der Waals surface area contributed by atoms with E-state index >= 15 is 0 Å². The highest BCUT2D eigenvalue weighted by atomic mass is 35.5. The van der Waals surface area contributed by atoms with Crippen LogP contribution in [-0.4, -0.2) is 22.6 Å². The molecule has 3 aromatic rings. The number of halogens is 1. The van der Waals surface area contributed by atoms with Gasteiger partial charge in [0.1, 0.15) is 0 Å². The van der Waals surface area contributed by atoms with E-state index in [2.05, 4.69) is 17.0 Å². The minimum absolute atomic E-state index is 0.0904. The van der Waals surface area contributed by atoms with E-state index in [0.717, 1.165) is 55.0 Å². The van der Waals surface area contributed by atoms with Crippen molar-refractivity contribution in [2.75, 3.05) is 13.1 Å². The van der Waals surface area contributed by atoms with Gasteiger partial charge >= 0.3 is 0 Å². The van der Waals surface area contributed by atoms with Gasteiger partial charge in [0.05, 0.1) is 11.6 Å². The summed E-state index contributed by atoms with van der Waals surface area (Å²) in [6.45, 7) is 3.48. The lowest BCUT2D eigenvalue weighted by Crippen LogP contribution is -2.47. The average Bonchev–Trinajstić information content (AvgIpc) is 2.75. The van der Waals surface area contributed by atoms with E-state index in [-0.39, 0.29) is 5.56 Å². The van der Waals surface area contributed by atoms with Crippen LogP contribution < -0.4 is 5.56 Å². The third kappa shape index (κ3) is 3.56. The lowest BCUT2D eigenvalue weighted by Gasteiger charge is -2.43. The first-order valence-electron chi connectivity index (χ1n) is 10.3. The van der Waals surface area contributed by atoms with E-state index in [1.807, 2.05) is 53.1 Å². The van der Waals surface area contributed by atoms with Crippen molar-refractivity contribution in [2.45, 2.75) is 25.4 Å². The molecule has 2 atom stereocenters. The van der Waals surface area contributed by atoms with E-state index in [1.54, 1.807) is 6.07 Å². The number of rotatable bonds is 3. The Hall–Kier alpha value is -2.87. The molecule has 2 bridgehead atoms. The standard InChI is InChI=1S/C25H22ClN3O/c26-22-6-4-20(5-7-22)23-8-9-24(30)29-15-19-11-21(25(23)29)16-28(14-19)13-18-3-1-2-17(10-18)12-27/h1-10,19,21H,11,13-16H2/t19-,21+/m0/s1. The highest BCUT2D eigenvalue weighted by Crippen LogP contribution is 2.40. The second kappa shape index (κ2) is 7.75. The summed E-state index contributed by atoms with van der Waals surface area (Å²) in [4.78, 5) is 15.1. The number of hydrogen-bond acceptors (Lipinski definition) is 3. The maximum absolute atomic E-state index is 12.7. The summed E-state index contributed by atoms with van der Waals surface area (Å²) in [5.41, 5.74) is 5.33. The summed E-state index contributed by atoms with van der Waals surface area (Å²) in [6, 6.07) is 21.6. The van der Waals surface area contributed by atoms with Crippen LogP contribution in [0.25, 0.3) is 11.1 Å². The number of fused-ring (bicyclic) bond motifs is 4. The summed E-state index contributed by atoms with van der Waals surface area (Å²) in [5.74, 6) is 0.782. The number of pyridine rings is 1. The molecular weight excluding hydrogens is 394 g/mol. The normalized spacial score (nSPS) is 20.4. The Bertz CT molecular complexity index is 1190. The zero-order chi connectivity index (χ0) is 20.7. The van der Waals surface area contributed by atoms with Gasteiger partial charge in [-0.15, -0.1) is 0 Å². The quantitative estimate of drug-likeness (QED) is 0.625. The molecule has 0 N–H and O–H groups in total. The van der Waals surface area contributed by atoms with Gasteiger partial charge in [-0.3, -0.25) is 9.69 Å². The van der Waals surface area contributed by atoms with Crippen molar-refractivity contribution in [1.29, 1.82) is 5.26 Å². The first-order valence-corrected chi connectivity index (χ1v) is 10.7. The van der Waals surface area contributed by atoms with Crippen LogP contribution in [0.2, 0.25) is 5.02 Å². The van der Waals surface area contributed by atoms with E-state index in [9.17, 15) is 10.1 Å². The largest absolute Gasteiger partial charge is 0.311 e. The maximum atomic E-state index is 12.7. The number of nitrogens with zero attached hydrogens (tertiary/aromatic N) is 3. The molecular formula is C25H22ClN3O. The zero-order valence-electron chi connectivity index (χ0n) is 16.6. The third-order valence-corrected chi connectivity index (χ3v) is 6.54. The Labute approximate surface area is 181 Å². The van der Waals surface area contributed by atoms with Crippen LogP contribution in [0.15, 0.2) is 65.5 Å². The first-order chi connectivity index (χ1) is 14.6. The smallest absolute Gasteiger partial charge is 0.250 e. The van der Waals surface area contributed by atoms with Gasteiger partial charge in [-0.25, -0.2) is 0 Å². The van der Waals surface area contributed by atoms with Gasteiger partial charge in [0.15, 0.2) is 0 Å². The molecule has 0 spiro atoms. The number of aromatic nitrogens is 1. The van der Waals surface area contributed by atoms with Gasteiger partial charge in [-0.2, -0.15) is 5.26 Å². The molecule has 1 saturated heterocycles. The predicted molar refractivity (Wildman–Crippen MR) is 118 cm³/mol. The van der Waals surface area contributed by atoms with Crippen molar-refractivity contribution in [3.8, 4) is 17.2 Å². The molecule has 1 fully saturated rings. The first kappa shape index (κ1) is 19.1. The number of hydrogen-bond donors (Lipinski definition) is 0. The fourth-order valence-electron chi connectivity index (χ4n) is 5.11. The minimum atomic E-state index is 0.0904. The average molecular weight is 416 g/mol. The fraction of sp³-hybridized carbons (Fsp3) is 0.280. The molecule has 4 nitrogen and oxygen atoms in total. The minimum Gasteiger partial charge on any atom is -0.311 e. The van der Waals surface area contributed by atoms with Crippen molar-refractivity contribution in [3.63, 3.8) is 0 Å². The van der Waals surface area contributed by atoms with E-state index in [0.29, 0.717) is 22.4 Å². The molecule has 150 valence electrons. The Morgan fingerprint density at radius 2 is 1.87 bits per heavy atom. The van der Waals surface area contributed by atoms with Crippen molar-refractivity contribution >= 4 is 11.6 Å². The van der Waals surface area contributed by atoms with Gasteiger partial charge in [-0.05, 0) is 53.8 Å². The highest BCUT2D eigenvalue weighted by molar-refractivity contribution is 6.30. The monoisotopic (exact) mass is 415 g/mol. The molecule has 5 rings (SSSR count). The maximum Gasteiger partial charge on any atom is 0.250 e. The fourth-order valence-corrected chi connectivity index (χ4v) is 5.24. The number of benzene rings is 2. The van der Waals surface area contributed by atoms with Crippen molar-refractivity contribution in [3.05, 3.63) is 92.9 Å². The van der Waals surface area contributed by atoms with Gasteiger partial charge < -0.3 is 4.57 Å². The number of nitriles is 1. The zero-order valence-corrected chi connectivity index (χ0v) is 17.3.